The van der Waals surface area contributed by atoms with Gasteiger partial charge in [0, 0.05) is 19.0 Å². The predicted octanol–water partition coefficient (Wildman–Crippen LogP) is -0.0242. The average Bonchev–Trinajstić information content (AvgIpc) is 2.86. The summed E-state index contributed by atoms with van der Waals surface area (Å²) >= 11 is 1.01. The van der Waals surface area contributed by atoms with Gasteiger partial charge in [-0.1, -0.05) is 23.9 Å². The molecule has 2 aliphatic heterocycles. The van der Waals surface area contributed by atoms with Crippen LogP contribution in [0.3, 0.4) is 0 Å². The van der Waals surface area contributed by atoms with Crippen molar-refractivity contribution >= 4 is 35.1 Å². The molecule has 122 valence electrons. The standard InChI is InChI=1S/C15H12N4O4S/c1-18-10-9(11(20)19(2)14(18)23)15(13(22)17-10)12(21)16-7-5-3-4-6-8(7)24-15/h3-6H,1-2H3,(H,16,21)(H,17,22). The van der Waals surface area contributed by atoms with E-state index in [2.05, 4.69) is 10.6 Å². The van der Waals surface area contributed by atoms with Crippen LogP contribution in [0, 0.1) is 0 Å². The van der Waals surface area contributed by atoms with E-state index in [0.29, 0.717) is 10.6 Å². The van der Waals surface area contributed by atoms with Gasteiger partial charge >= 0.3 is 5.69 Å². The third kappa shape index (κ3) is 1.59. The van der Waals surface area contributed by atoms with Crippen molar-refractivity contribution in [3.8, 4) is 0 Å². The Morgan fingerprint density at radius 1 is 0.958 bits per heavy atom. The highest BCUT2D eigenvalue weighted by atomic mass is 32.2. The van der Waals surface area contributed by atoms with Crippen molar-refractivity contribution < 1.29 is 9.59 Å². The van der Waals surface area contributed by atoms with E-state index in [4.69, 9.17) is 0 Å². The summed E-state index contributed by atoms with van der Waals surface area (Å²) in [5, 5.41) is 5.21. The van der Waals surface area contributed by atoms with E-state index >= 15 is 0 Å². The lowest BCUT2D eigenvalue weighted by Crippen LogP contribution is -2.49. The number of carbonyl (C=O) groups is 2. The molecular weight excluding hydrogens is 332 g/mol. The van der Waals surface area contributed by atoms with E-state index in [1.165, 1.54) is 14.1 Å². The van der Waals surface area contributed by atoms with Crippen molar-refractivity contribution in [2.45, 2.75) is 9.64 Å². The van der Waals surface area contributed by atoms with Gasteiger partial charge in [-0.05, 0) is 12.1 Å². The van der Waals surface area contributed by atoms with Crippen molar-refractivity contribution in [2.24, 2.45) is 14.1 Å². The molecule has 0 aliphatic carbocycles. The van der Waals surface area contributed by atoms with Gasteiger partial charge in [0.25, 0.3) is 17.4 Å². The number of para-hydroxylation sites is 1. The fourth-order valence-electron chi connectivity index (χ4n) is 3.01. The number of carbonyl (C=O) groups excluding carboxylic acids is 2. The summed E-state index contributed by atoms with van der Waals surface area (Å²) in [6, 6.07) is 7.03. The molecule has 2 amide bonds. The molecule has 1 aromatic heterocycles. The zero-order valence-corrected chi connectivity index (χ0v) is 13.6. The quantitative estimate of drug-likeness (QED) is 0.654. The van der Waals surface area contributed by atoms with Crippen LogP contribution in [0.1, 0.15) is 5.56 Å². The molecule has 0 fully saturated rings. The Morgan fingerprint density at radius 3 is 2.38 bits per heavy atom. The Balaban J connectivity index is 2.07. The largest absolute Gasteiger partial charge is 0.332 e. The Morgan fingerprint density at radius 2 is 1.62 bits per heavy atom. The van der Waals surface area contributed by atoms with Gasteiger partial charge in [-0.3, -0.25) is 23.5 Å². The first-order valence-corrected chi connectivity index (χ1v) is 7.91. The lowest BCUT2D eigenvalue weighted by Gasteiger charge is -2.30. The Hall–Kier alpha value is -2.81. The third-order valence-corrected chi connectivity index (χ3v) is 5.74. The van der Waals surface area contributed by atoms with E-state index in [1.807, 2.05) is 0 Å². The number of aromatic nitrogens is 2. The number of benzene rings is 1. The molecule has 2 aliphatic rings. The minimum absolute atomic E-state index is 0.0193. The van der Waals surface area contributed by atoms with Gasteiger partial charge in [0.1, 0.15) is 5.82 Å². The van der Waals surface area contributed by atoms with Gasteiger partial charge in [0.2, 0.25) is 4.75 Å². The zero-order chi connectivity index (χ0) is 17.2. The van der Waals surface area contributed by atoms with Crippen LogP contribution in [-0.2, 0) is 28.4 Å². The normalized spacial score (nSPS) is 21.2. The zero-order valence-electron chi connectivity index (χ0n) is 12.7. The Bertz CT molecular complexity index is 1050. The summed E-state index contributed by atoms with van der Waals surface area (Å²) in [6.45, 7) is 0. The van der Waals surface area contributed by atoms with Crippen LogP contribution in [-0.4, -0.2) is 20.9 Å². The molecule has 2 N–H and O–H groups in total. The smallest absolute Gasteiger partial charge is 0.323 e. The first kappa shape index (κ1) is 14.8. The molecule has 0 saturated carbocycles. The first-order valence-electron chi connectivity index (χ1n) is 7.09. The van der Waals surface area contributed by atoms with E-state index < -0.39 is 27.8 Å². The highest BCUT2D eigenvalue weighted by Gasteiger charge is 2.59. The highest BCUT2D eigenvalue weighted by Crippen LogP contribution is 2.52. The van der Waals surface area contributed by atoms with Crippen molar-refractivity contribution in [2.75, 3.05) is 10.6 Å². The summed E-state index contributed by atoms with van der Waals surface area (Å²) < 4.78 is 0.316. The molecule has 0 radical (unpaired) electrons. The molecule has 0 saturated heterocycles. The number of fused-ring (bicyclic) bond motifs is 3. The fraction of sp³-hybridized carbons (Fsp3) is 0.200. The monoisotopic (exact) mass is 344 g/mol. The number of nitrogens with zero attached hydrogens (tertiary/aromatic N) is 2. The molecule has 4 rings (SSSR count). The van der Waals surface area contributed by atoms with Gasteiger partial charge in [-0.2, -0.15) is 0 Å². The maximum atomic E-state index is 12.8. The summed E-state index contributed by atoms with van der Waals surface area (Å²) in [5.74, 6) is -1.17. The number of amides is 2. The van der Waals surface area contributed by atoms with Crippen LogP contribution >= 0.6 is 11.8 Å². The van der Waals surface area contributed by atoms with Gasteiger partial charge < -0.3 is 10.6 Å². The average molecular weight is 344 g/mol. The first-order chi connectivity index (χ1) is 11.4. The molecule has 3 heterocycles. The van der Waals surface area contributed by atoms with Crippen LogP contribution in [0.4, 0.5) is 11.5 Å². The fourth-order valence-corrected chi connectivity index (χ4v) is 4.29. The lowest BCUT2D eigenvalue weighted by molar-refractivity contribution is -0.127. The number of anilines is 2. The lowest BCUT2D eigenvalue weighted by atomic mass is 10.0. The maximum Gasteiger partial charge on any atom is 0.332 e. The molecule has 1 aromatic carbocycles. The van der Waals surface area contributed by atoms with E-state index in [9.17, 15) is 19.2 Å². The van der Waals surface area contributed by atoms with Gasteiger partial charge in [0.15, 0.2) is 0 Å². The predicted molar refractivity (Wildman–Crippen MR) is 88.2 cm³/mol. The number of hydrogen-bond donors (Lipinski definition) is 2. The topological polar surface area (TPSA) is 102 Å². The van der Waals surface area contributed by atoms with Crippen molar-refractivity contribution in [3.05, 3.63) is 50.7 Å². The molecule has 1 unspecified atom stereocenters. The summed E-state index contributed by atoms with van der Waals surface area (Å²) in [4.78, 5) is 50.9. The summed E-state index contributed by atoms with van der Waals surface area (Å²) in [5.41, 5.74) is -0.665. The SMILES string of the molecule is Cn1c2c(c(=O)n(C)c1=O)C1(Sc3ccccc3NC1=O)C(=O)N2. The third-order valence-electron chi connectivity index (χ3n) is 4.29. The second kappa shape index (κ2) is 4.60. The van der Waals surface area contributed by atoms with Crippen LogP contribution in [0.5, 0.6) is 0 Å². The van der Waals surface area contributed by atoms with Gasteiger partial charge in [-0.25, -0.2) is 4.79 Å². The van der Waals surface area contributed by atoms with E-state index in [0.717, 1.165) is 20.9 Å². The Kier molecular flexibility index (Phi) is 2.83. The minimum Gasteiger partial charge on any atom is -0.323 e. The minimum atomic E-state index is -1.75. The van der Waals surface area contributed by atoms with Gasteiger partial charge in [0.05, 0.1) is 11.3 Å². The summed E-state index contributed by atoms with van der Waals surface area (Å²) in [6.07, 6.45) is 0. The number of hydrogen-bond acceptors (Lipinski definition) is 5. The molecule has 24 heavy (non-hydrogen) atoms. The van der Waals surface area contributed by atoms with Crippen molar-refractivity contribution in [3.63, 3.8) is 0 Å². The number of thioether (sulfide) groups is 1. The van der Waals surface area contributed by atoms with Crippen molar-refractivity contribution in [1.29, 1.82) is 0 Å². The van der Waals surface area contributed by atoms with E-state index in [1.54, 1.807) is 24.3 Å². The van der Waals surface area contributed by atoms with Crippen LogP contribution in [0.15, 0.2) is 38.8 Å². The molecule has 1 spiro atoms. The molecular formula is C15H12N4O4S. The Labute approximate surface area is 139 Å². The number of rotatable bonds is 0. The van der Waals surface area contributed by atoms with Crippen molar-refractivity contribution in [1.82, 2.24) is 9.13 Å². The summed E-state index contributed by atoms with van der Waals surface area (Å²) in [7, 11) is 2.76. The highest BCUT2D eigenvalue weighted by molar-refractivity contribution is 8.02. The number of nitrogens with one attached hydrogen (secondary N) is 2. The van der Waals surface area contributed by atoms with Gasteiger partial charge in [-0.15, -0.1) is 0 Å². The maximum absolute atomic E-state index is 12.8. The van der Waals surface area contributed by atoms with Crippen LogP contribution in [0.25, 0.3) is 0 Å². The molecule has 8 nitrogen and oxygen atoms in total. The second-order valence-corrected chi connectivity index (χ2v) is 6.87. The molecule has 1 atom stereocenters. The van der Waals surface area contributed by atoms with Crippen LogP contribution < -0.4 is 21.9 Å². The molecule has 9 heteroatoms. The molecule has 2 aromatic rings. The van der Waals surface area contributed by atoms with Crippen LogP contribution in [0.2, 0.25) is 0 Å². The molecule has 0 bridgehead atoms. The van der Waals surface area contributed by atoms with E-state index in [-0.39, 0.29) is 11.4 Å². The second-order valence-electron chi connectivity index (χ2n) is 5.62.